The molecule has 19 heavy (non-hydrogen) atoms. The van der Waals surface area contributed by atoms with Crippen molar-refractivity contribution in [1.29, 1.82) is 0 Å². The molecule has 0 radical (unpaired) electrons. The number of urea groups is 1. The number of hydrogen-bond donors (Lipinski definition) is 2. The predicted molar refractivity (Wildman–Crippen MR) is 71.1 cm³/mol. The Balaban J connectivity index is 2.47. The van der Waals surface area contributed by atoms with E-state index in [9.17, 15) is 9.59 Å². The van der Waals surface area contributed by atoms with Crippen LogP contribution in [0.2, 0.25) is 0 Å². The second-order valence-electron chi connectivity index (χ2n) is 4.94. The van der Waals surface area contributed by atoms with Gasteiger partial charge in [-0.25, -0.2) is 9.59 Å². The van der Waals surface area contributed by atoms with E-state index in [-0.39, 0.29) is 12.1 Å². The summed E-state index contributed by atoms with van der Waals surface area (Å²) in [5.41, 5.74) is 0. The van der Waals surface area contributed by atoms with Gasteiger partial charge in [0.05, 0.1) is 0 Å². The maximum absolute atomic E-state index is 12.0. The highest BCUT2D eigenvalue weighted by atomic mass is 16.5. The van der Waals surface area contributed by atoms with E-state index in [1.54, 1.807) is 11.9 Å². The number of ether oxygens (including phenoxy) is 1. The Morgan fingerprint density at radius 3 is 2.58 bits per heavy atom. The number of carbonyl (C=O) groups is 2. The summed E-state index contributed by atoms with van der Waals surface area (Å²) >= 11 is 0. The van der Waals surface area contributed by atoms with Crippen LogP contribution < -0.4 is 5.32 Å². The third-order valence-electron chi connectivity index (χ3n) is 3.50. The zero-order valence-electron chi connectivity index (χ0n) is 11.7. The lowest BCUT2D eigenvalue weighted by Crippen LogP contribution is -2.50. The third-order valence-corrected chi connectivity index (χ3v) is 3.50. The van der Waals surface area contributed by atoms with E-state index in [4.69, 9.17) is 9.84 Å². The van der Waals surface area contributed by atoms with Crippen molar-refractivity contribution in [2.75, 3.05) is 20.3 Å². The van der Waals surface area contributed by atoms with Crippen LogP contribution in [-0.2, 0) is 9.53 Å². The molecule has 1 heterocycles. The lowest BCUT2D eigenvalue weighted by Gasteiger charge is -2.32. The van der Waals surface area contributed by atoms with Gasteiger partial charge in [0, 0.05) is 26.3 Å². The Bertz CT molecular complexity index is 303. The van der Waals surface area contributed by atoms with Gasteiger partial charge in [-0.1, -0.05) is 19.8 Å². The quantitative estimate of drug-likeness (QED) is 0.767. The molecule has 2 N–H and O–H groups in total. The lowest BCUT2D eigenvalue weighted by atomic mass is 10.1. The number of aliphatic carboxylic acids is 1. The molecular formula is C13H24N2O4. The van der Waals surface area contributed by atoms with Crippen molar-refractivity contribution in [3.8, 4) is 0 Å². The molecule has 0 spiro atoms. The van der Waals surface area contributed by atoms with Crippen LogP contribution in [0.3, 0.4) is 0 Å². The monoisotopic (exact) mass is 272 g/mol. The molecule has 0 bridgehead atoms. The Morgan fingerprint density at radius 1 is 1.42 bits per heavy atom. The van der Waals surface area contributed by atoms with Gasteiger partial charge in [0.15, 0.2) is 0 Å². The molecule has 0 aromatic rings. The van der Waals surface area contributed by atoms with E-state index >= 15 is 0 Å². The average Bonchev–Trinajstić information content (AvgIpc) is 2.43. The Hall–Kier alpha value is -1.30. The van der Waals surface area contributed by atoms with Gasteiger partial charge < -0.3 is 20.1 Å². The summed E-state index contributed by atoms with van der Waals surface area (Å²) in [6.45, 7) is 3.30. The molecule has 0 aliphatic carbocycles. The van der Waals surface area contributed by atoms with Crippen LogP contribution in [0.15, 0.2) is 0 Å². The molecule has 1 atom stereocenters. The van der Waals surface area contributed by atoms with Gasteiger partial charge >= 0.3 is 12.0 Å². The molecule has 6 heteroatoms. The van der Waals surface area contributed by atoms with Crippen LogP contribution in [-0.4, -0.2) is 54.4 Å². The molecule has 1 rings (SSSR count). The molecule has 1 aliphatic heterocycles. The summed E-state index contributed by atoms with van der Waals surface area (Å²) in [5, 5.41) is 11.7. The molecule has 0 aromatic heterocycles. The normalized spacial score (nSPS) is 17.8. The van der Waals surface area contributed by atoms with Gasteiger partial charge in [0.1, 0.15) is 6.04 Å². The first-order chi connectivity index (χ1) is 9.06. The summed E-state index contributed by atoms with van der Waals surface area (Å²) in [5.74, 6) is -0.970. The van der Waals surface area contributed by atoms with Gasteiger partial charge in [-0.2, -0.15) is 0 Å². The minimum Gasteiger partial charge on any atom is -0.480 e. The number of carbonyl (C=O) groups excluding carboxylic acids is 1. The largest absolute Gasteiger partial charge is 0.480 e. The van der Waals surface area contributed by atoms with E-state index in [2.05, 4.69) is 5.32 Å². The molecular weight excluding hydrogens is 248 g/mol. The molecule has 2 amide bonds. The van der Waals surface area contributed by atoms with Crippen molar-refractivity contribution < 1.29 is 19.4 Å². The molecule has 1 saturated heterocycles. The molecule has 1 aliphatic rings. The van der Waals surface area contributed by atoms with Crippen LogP contribution in [0.25, 0.3) is 0 Å². The van der Waals surface area contributed by atoms with E-state index in [1.165, 1.54) is 0 Å². The van der Waals surface area contributed by atoms with E-state index in [0.717, 1.165) is 25.7 Å². The highest BCUT2D eigenvalue weighted by molar-refractivity contribution is 5.82. The fourth-order valence-electron chi connectivity index (χ4n) is 2.15. The Morgan fingerprint density at radius 2 is 2.05 bits per heavy atom. The van der Waals surface area contributed by atoms with Gasteiger partial charge in [-0.3, -0.25) is 0 Å². The van der Waals surface area contributed by atoms with Crippen molar-refractivity contribution in [3.63, 3.8) is 0 Å². The van der Waals surface area contributed by atoms with Crippen LogP contribution in [0.4, 0.5) is 4.79 Å². The van der Waals surface area contributed by atoms with Crippen LogP contribution in [0.1, 0.15) is 39.0 Å². The molecule has 110 valence electrons. The van der Waals surface area contributed by atoms with Gasteiger partial charge in [0.2, 0.25) is 0 Å². The predicted octanol–water partition coefficient (Wildman–Crippen LogP) is 1.45. The zero-order valence-corrected chi connectivity index (χ0v) is 11.7. The number of carboxylic acid groups (broad SMARTS) is 1. The van der Waals surface area contributed by atoms with Gasteiger partial charge in [-0.05, 0) is 19.3 Å². The molecule has 1 unspecified atom stereocenters. The number of rotatable bonds is 6. The highest BCUT2D eigenvalue weighted by Gasteiger charge is 2.26. The molecule has 0 aromatic carbocycles. The van der Waals surface area contributed by atoms with Crippen molar-refractivity contribution >= 4 is 12.0 Å². The second-order valence-corrected chi connectivity index (χ2v) is 4.94. The fourth-order valence-corrected chi connectivity index (χ4v) is 2.15. The standard InChI is InChI=1S/C13H24N2O4/c1-3-4-5-11(12(16)17)14-13(18)15(2)10-6-8-19-9-7-10/h10-11H,3-9H2,1-2H3,(H,14,18)(H,16,17). The smallest absolute Gasteiger partial charge is 0.326 e. The Kier molecular flexibility index (Phi) is 6.62. The van der Waals surface area contributed by atoms with Crippen molar-refractivity contribution in [2.45, 2.75) is 51.1 Å². The van der Waals surface area contributed by atoms with Gasteiger partial charge in [0.25, 0.3) is 0 Å². The topological polar surface area (TPSA) is 78.9 Å². The average molecular weight is 272 g/mol. The molecule has 0 saturated carbocycles. The van der Waals surface area contributed by atoms with E-state index < -0.39 is 12.0 Å². The van der Waals surface area contributed by atoms with Crippen LogP contribution in [0.5, 0.6) is 0 Å². The number of amides is 2. The lowest BCUT2D eigenvalue weighted by molar-refractivity contribution is -0.139. The van der Waals surface area contributed by atoms with Crippen molar-refractivity contribution in [3.05, 3.63) is 0 Å². The van der Waals surface area contributed by atoms with Crippen molar-refractivity contribution in [1.82, 2.24) is 10.2 Å². The molecule has 1 fully saturated rings. The summed E-state index contributed by atoms with van der Waals surface area (Å²) in [6.07, 6.45) is 3.78. The minimum absolute atomic E-state index is 0.134. The highest BCUT2D eigenvalue weighted by Crippen LogP contribution is 2.13. The number of nitrogens with one attached hydrogen (secondary N) is 1. The second kappa shape index (κ2) is 7.99. The first-order valence-electron chi connectivity index (χ1n) is 6.90. The number of nitrogens with zero attached hydrogens (tertiary/aromatic N) is 1. The van der Waals surface area contributed by atoms with Crippen LogP contribution in [0, 0.1) is 0 Å². The maximum atomic E-state index is 12.0. The first-order valence-corrected chi connectivity index (χ1v) is 6.90. The fraction of sp³-hybridized carbons (Fsp3) is 0.846. The first kappa shape index (κ1) is 15.8. The minimum atomic E-state index is -0.970. The summed E-state index contributed by atoms with van der Waals surface area (Å²) in [7, 11) is 1.71. The zero-order chi connectivity index (χ0) is 14.3. The third kappa shape index (κ3) is 5.06. The maximum Gasteiger partial charge on any atom is 0.326 e. The number of unbranched alkanes of at least 4 members (excludes halogenated alkanes) is 1. The summed E-state index contributed by atoms with van der Waals surface area (Å²) in [4.78, 5) is 24.7. The summed E-state index contributed by atoms with van der Waals surface area (Å²) in [6, 6.07) is -0.973. The SMILES string of the molecule is CCCCC(NC(=O)N(C)C1CCOCC1)C(=O)O. The van der Waals surface area contributed by atoms with Crippen LogP contribution >= 0.6 is 0 Å². The Labute approximate surface area is 114 Å². The van der Waals surface area contributed by atoms with E-state index in [1.807, 2.05) is 6.92 Å². The molecule has 6 nitrogen and oxygen atoms in total. The van der Waals surface area contributed by atoms with E-state index in [0.29, 0.717) is 19.6 Å². The van der Waals surface area contributed by atoms with Gasteiger partial charge in [-0.15, -0.1) is 0 Å². The number of hydrogen-bond acceptors (Lipinski definition) is 3. The number of carboxylic acids is 1. The summed E-state index contributed by atoms with van der Waals surface area (Å²) < 4.78 is 5.25. The van der Waals surface area contributed by atoms with Crippen molar-refractivity contribution in [2.24, 2.45) is 0 Å².